The van der Waals surface area contributed by atoms with Crippen LogP contribution in [-0.2, 0) is 6.42 Å². The molecule has 1 aromatic rings. The lowest BCUT2D eigenvalue weighted by molar-refractivity contribution is 0.159. The Morgan fingerprint density at radius 3 is 2.62 bits per heavy atom. The quantitative estimate of drug-likeness (QED) is 0.865. The SMILES string of the molecule is CC(C)(CO)Cc1cccc(Br)c1. The Bertz CT molecular complexity index is 281. The molecule has 0 saturated heterocycles. The van der Waals surface area contributed by atoms with Crippen molar-refractivity contribution in [3.8, 4) is 0 Å². The second-order valence-electron chi connectivity index (χ2n) is 4.13. The average Bonchev–Trinajstić information content (AvgIpc) is 2.03. The Morgan fingerprint density at radius 2 is 2.08 bits per heavy atom. The average molecular weight is 243 g/mol. The molecular formula is C11H15BrO. The van der Waals surface area contributed by atoms with Crippen LogP contribution in [0.2, 0.25) is 0 Å². The van der Waals surface area contributed by atoms with Crippen molar-refractivity contribution < 1.29 is 5.11 Å². The van der Waals surface area contributed by atoms with Crippen LogP contribution in [0.15, 0.2) is 28.7 Å². The van der Waals surface area contributed by atoms with Gasteiger partial charge in [-0.25, -0.2) is 0 Å². The molecule has 0 saturated carbocycles. The van der Waals surface area contributed by atoms with E-state index in [9.17, 15) is 0 Å². The molecule has 0 amide bonds. The number of aliphatic hydroxyl groups is 1. The summed E-state index contributed by atoms with van der Waals surface area (Å²) in [6.07, 6.45) is 0.906. The molecule has 1 rings (SSSR count). The summed E-state index contributed by atoms with van der Waals surface area (Å²) < 4.78 is 1.10. The Labute approximate surface area is 87.9 Å². The predicted octanol–water partition coefficient (Wildman–Crippen LogP) is 3.01. The van der Waals surface area contributed by atoms with Crippen molar-refractivity contribution in [3.63, 3.8) is 0 Å². The molecule has 0 aliphatic rings. The lowest BCUT2D eigenvalue weighted by Gasteiger charge is -2.21. The molecule has 0 spiro atoms. The van der Waals surface area contributed by atoms with E-state index in [4.69, 9.17) is 5.11 Å². The van der Waals surface area contributed by atoms with Gasteiger partial charge in [-0.15, -0.1) is 0 Å². The maximum atomic E-state index is 9.11. The molecule has 1 aromatic carbocycles. The molecule has 0 unspecified atom stereocenters. The Kier molecular flexibility index (Phi) is 3.51. The summed E-state index contributed by atoms with van der Waals surface area (Å²) in [6, 6.07) is 8.21. The fourth-order valence-corrected chi connectivity index (χ4v) is 1.70. The number of hydrogen-bond acceptors (Lipinski definition) is 1. The van der Waals surface area contributed by atoms with Crippen molar-refractivity contribution in [2.45, 2.75) is 20.3 Å². The molecule has 0 heterocycles. The molecule has 1 nitrogen and oxygen atoms in total. The summed E-state index contributed by atoms with van der Waals surface area (Å²) in [5, 5.41) is 9.11. The number of halogens is 1. The highest BCUT2D eigenvalue weighted by Crippen LogP contribution is 2.22. The summed E-state index contributed by atoms with van der Waals surface area (Å²) in [7, 11) is 0. The van der Waals surface area contributed by atoms with Gasteiger partial charge in [-0.2, -0.15) is 0 Å². The third kappa shape index (κ3) is 3.49. The molecule has 0 aliphatic carbocycles. The molecule has 0 radical (unpaired) electrons. The third-order valence-electron chi connectivity index (χ3n) is 2.00. The van der Waals surface area contributed by atoms with Gasteiger partial charge in [-0.3, -0.25) is 0 Å². The highest BCUT2D eigenvalue weighted by molar-refractivity contribution is 9.10. The fraction of sp³-hybridized carbons (Fsp3) is 0.455. The Balaban J connectivity index is 2.74. The van der Waals surface area contributed by atoms with Gasteiger partial charge in [0, 0.05) is 11.1 Å². The first-order valence-corrected chi connectivity index (χ1v) is 5.18. The van der Waals surface area contributed by atoms with Gasteiger partial charge in [-0.05, 0) is 29.5 Å². The largest absolute Gasteiger partial charge is 0.396 e. The van der Waals surface area contributed by atoms with E-state index in [0.29, 0.717) is 0 Å². The van der Waals surface area contributed by atoms with Gasteiger partial charge in [0.05, 0.1) is 0 Å². The zero-order valence-electron chi connectivity index (χ0n) is 8.05. The van der Waals surface area contributed by atoms with E-state index in [0.717, 1.165) is 10.9 Å². The van der Waals surface area contributed by atoms with Crippen LogP contribution in [0, 0.1) is 5.41 Å². The number of benzene rings is 1. The maximum Gasteiger partial charge on any atom is 0.0485 e. The van der Waals surface area contributed by atoms with Gasteiger partial charge < -0.3 is 5.11 Å². The molecule has 1 N–H and O–H groups in total. The van der Waals surface area contributed by atoms with Crippen LogP contribution in [0.3, 0.4) is 0 Å². The van der Waals surface area contributed by atoms with E-state index in [-0.39, 0.29) is 12.0 Å². The van der Waals surface area contributed by atoms with E-state index in [1.54, 1.807) is 0 Å². The van der Waals surface area contributed by atoms with Crippen LogP contribution < -0.4 is 0 Å². The van der Waals surface area contributed by atoms with Crippen LogP contribution in [0.4, 0.5) is 0 Å². The molecule has 0 fully saturated rings. The van der Waals surface area contributed by atoms with Gasteiger partial charge in [0.1, 0.15) is 0 Å². The van der Waals surface area contributed by atoms with Crippen LogP contribution in [0.25, 0.3) is 0 Å². The van der Waals surface area contributed by atoms with Crippen LogP contribution in [0.1, 0.15) is 19.4 Å². The van der Waals surface area contributed by atoms with E-state index in [1.807, 2.05) is 12.1 Å². The van der Waals surface area contributed by atoms with E-state index in [2.05, 4.69) is 41.9 Å². The molecule has 0 atom stereocenters. The summed E-state index contributed by atoms with van der Waals surface area (Å²) in [5.41, 5.74) is 1.23. The minimum absolute atomic E-state index is 0.0270. The number of aliphatic hydroxyl groups excluding tert-OH is 1. The number of rotatable bonds is 3. The molecule has 72 valence electrons. The molecule has 0 aromatic heterocycles. The van der Waals surface area contributed by atoms with E-state index < -0.39 is 0 Å². The van der Waals surface area contributed by atoms with Crippen molar-refractivity contribution in [2.24, 2.45) is 5.41 Å². The second-order valence-corrected chi connectivity index (χ2v) is 5.04. The van der Waals surface area contributed by atoms with Gasteiger partial charge >= 0.3 is 0 Å². The molecular weight excluding hydrogens is 228 g/mol. The van der Waals surface area contributed by atoms with Crippen LogP contribution >= 0.6 is 15.9 Å². The second kappa shape index (κ2) is 4.25. The van der Waals surface area contributed by atoms with Gasteiger partial charge in [0.25, 0.3) is 0 Å². The van der Waals surface area contributed by atoms with Crippen molar-refractivity contribution in [1.82, 2.24) is 0 Å². The monoisotopic (exact) mass is 242 g/mol. The first-order valence-electron chi connectivity index (χ1n) is 4.39. The molecule has 0 bridgehead atoms. The fourth-order valence-electron chi connectivity index (χ4n) is 1.26. The predicted molar refractivity (Wildman–Crippen MR) is 58.7 cm³/mol. The highest BCUT2D eigenvalue weighted by Gasteiger charge is 2.16. The maximum absolute atomic E-state index is 9.11. The third-order valence-corrected chi connectivity index (χ3v) is 2.49. The van der Waals surface area contributed by atoms with Crippen molar-refractivity contribution in [2.75, 3.05) is 6.61 Å². The molecule has 0 aliphatic heterocycles. The van der Waals surface area contributed by atoms with Crippen molar-refractivity contribution in [1.29, 1.82) is 0 Å². The minimum atomic E-state index is -0.0270. The minimum Gasteiger partial charge on any atom is -0.396 e. The summed E-state index contributed by atoms with van der Waals surface area (Å²) in [6.45, 7) is 4.35. The summed E-state index contributed by atoms with van der Waals surface area (Å²) >= 11 is 3.43. The van der Waals surface area contributed by atoms with Gasteiger partial charge in [-0.1, -0.05) is 41.9 Å². The number of hydrogen-bond donors (Lipinski definition) is 1. The van der Waals surface area contributed by atoms with Crippen molar-refractivity contribution in [3.05, 3.63) is 34.3 Å². The van der Waals surface area contributed by atoms with Crippen molar-refractivity contribution >= 4 is 15.9 Å². The van der Waals surface area contributed by atoms with Crippen LogP contribution in [-0.4, -0.2) is 11.7 Å². The summed E-state index contributed by atoms with van der Waals surface area (Å²) in [5.74, 6) is 0. The Hall–Kier alpha value is -0.340. The molecule has 13 heavy (non-hydrogen) atoms. The highest BCUT2D eigenvalue weighted by atomic mass is 79.9. The normalized spacial score (nSPS) is 11.7. The summed E-state index contributed by atoms with van der Waals surface area (Å²) in [4.78, 5) is 0. The zero-order valence-corrected chi connectivity index (χ0v) is 9.63. The lowest BCUT2D eigenvalue weighted by Crippen LogP contribution is -2.19. The van der Waals surface area contributed by atoms with E-state index in [1.165, 1.54) is 5.56 Å². The van der Waals surface area contributed by atoms with Crippen LogP contribution in [0.5, 0.6) is 0 Å². The first-order chi connectivity index (χ1) is 6.03. The molecule has 2 heteroatoms. The van der Waals surface area contributed by atoms with Gasteiger partial charge in [0.15, 0.2) is 0 Å². The van der Waals surface area contributed by atoms with Gasteiger partial charge in [0.2, 0.25) is 0 Å². The lowest BCUT2D eigenvalue weighted by atomic mass is 9.87. The zero-order chi connectivity index (χ0) is 9.90. The van der Waals surface area contributed by atoms with E-state index >= 15 is 0 Å². The smallest absolute Gasteiger partial charge is 0.0485 e. The first kappa shape index (κ1) is 10.7. The standard InChI is InChI=1S/C11H15BrO/c1-11(2,8-13)7-9-4-3-5-10(12)6-9/h3-6,13H,7-8H2,1-2H3. The Morgan fingerprint density at radius 1 is 1.38 bits per heavy atom. The topological polar surface area (TPSA) is 20.2 Å².